The first-order chi connectivity index (χ1) is 11.5. The normalized spacial score (nSPS) is 20.5. The lowest BCUT2D eigenvalue weighted by atomic mass is 9.69. The Morgan fingerprint density at radius 3 is 2.79 bits per heavy atom. The summed E-state index contributed by atoms with van der Waals surface area (Å²) in [5.41, 5.74) is 2.85. The second-order valence-corrected chi connectivity index (χ2v) is 6.53. The maximum absolute atomic E-state index is 12.1. The molecule has 126 valence electrons. The van der Waals surface area contributed by atoms with Gasteiger partial charge in [0.05, 0.1) is 18.9 Å². The number of hydrogen-bond acceptors (Lipinski definition) is 5. The van der Waals surface area contributed by atoms with Crippen molar-refractivity contribution in [3.63, 3.8) is 0 Å². The summed E-state index contributed by atoms with van der Waals surface area (Å²) in [5, 5.41) is 4.21. The summed E-state index contributed by atoms with van der Waals surface area (Å²) in [4.78, 5) is 21.3. The number of ether oxygens (including phenoxy) is 1. The third kappa shape index (κ3) is 2.58. The van der Waals surface area contributed by atoms with Gasteiger partial charge in [0.2, 0.25) is 5.82 Å². The maximum Gasteiger partial charge on any atom is 0.374 e. The zero-order valence-corrected chi connectivity index (χ0v) is 14.3. The molecule has 0 N–H and O–H groups in total. The summed E-state index contributed by atoms with van der Waals surface area (Å²) < 4.78 is 6.77. The Morgan fingerprint density at radius 2 is 2.08 bits per heavy atom. The van der Waals surface area contributed by atoms with E-state index in [1.165, 1.54) is 7.11 Å². The van der Waals surface area contributed by atoms with Crippen LogP contribution in [-0.2, 0) is 9.57 Å². The molecule has 6 nitrogen and oxygen atoms in total. The zero-order chi connectivity index (χ0) is 17.3. The van der Waals surface area contributed by atoms with E-state index in [0.29, 0.717) is 5.82 Å². The van der Waals surface area contributed by atoms with Crippen LogP contribution in [0.25, 0.3) is 0 Å². The predicted octanol–water partition coefficient (Wildman–Crippen LogP) is 3.04. The van der Waals surface area contributed by atoms with Crippen LogP contribution in [0.4, 0.5) is 0 Å². The van der Waals surface area contributed by atoms with E-state index in [1.807, 2.05) is 29.0 Å². The highest BCUT2D eigenvalue weighted by Crippen LogP contribution is 2.46. The molecule has 2 aromatic rings. The minimum atomic E-state index is -0.440. The topological polar surface area (TPSA) is 65.7 Å². The number of benzene rings is 1. The number of aromatic nitrogens is 2. The Morgan fingerprint density at radius 1 is 1.33 bits per heavy atom. The molecule has 1 unspecified atom stereocenters. The first-order valence-electron chi connectivity index (χ1n) is 7.80. The van der Waals surface area contributed by atoms with Crippen LogP contribution in [0.1, 0.15) is 48.1 Å². The van der Waals surface area contributed by atoms with Gasteiger partial charge in [-0.15, -0.1) is 0 Å². The summed E-state index contributed by atoms with van der Waals surface area (Å²) in [6.07, 6.45) is 4.18. The van der Waals surface area contributed by atoms with Gasteiger partial charge in [0, 0.05) is 24.4 Å². The largest absolute Gasteiger partial charge is 0.463 e. The van der Waals surface area contributed by atoms with Crippen LogP contribution in [-0.4, -0.2) is 35.5 Å². The minimum Gasteiger partial charge on any atom is -0.463 e. The molecule has 0 bridgehead atoms. The number of methoxy groups -OCH3 is 1. The van der Waals surface area contributed by atoms with Crippen LogP contribution in [0.5, 0.6) is 0 Å². The number of fused-ring (bicyclic) bond motifs is 1. The number of hydrogen-bond donors (Lipinski definition) is 0. The monoisotopic (exact) mass is 327 g/mol. The fourth-order valence-electron chi connectivity index (χ4n) is 3.53. The molecule has 1 aromatic carbocycles. The summed E-state index contributed by atoms with van der Waals surface area (Å²) in [5.74, 6) is -0.137. The van der Waals surface area contributed by atoms with Gasteiger partial charge in [-0.1, -0.05) is 43.3 Å². The minimum absolute atomic E-state index is 0.0545. The van der Waals surface area contributed by atoms with Crippen molar-refractivity contribution in [2.45, 2.75) is 26.3 Å². The molecule has 6 heteroatoms. The molecule has 0 saturated carbocycles. The summed E-state index contributed by atoms with van der Waals surface area (Å²) in [6.45, 7) is 4.31. The van der Waals surface area contributed by atoms with Crippen LogP contribution < -0.4 is 0 Å². The molecule has 0 aliphatic heterocycles. The summed E-state index contributed by atoms with van der Waals surface area (Å²) >= 11 is 0. The standard InChI is InChI=1S/C18H21N3O3/c1-18(2)11-14(20-24-4)12-7-5-6-8-13(12)15(18)21-10-9-19-16(21)17(22)23-3/h5-10,15H,11H2,1-4H3/b20-14+. The SMILES string of the molecule is CO/N=C1\CC(C)(C)C(n2ccnc2C(=O)OC)c2ccccc21. The van der Waals surface area contributed by atoms with Crippen LogP contribution in [0, 0.1) is 5.41 Å². The third-order valence-electron chi connectivity index (χ3n) is 4.45. The highest BCUT2D eigenvalue weighted by atomic mass is 16.6. The van der Waals surface area contributed by atoms with Crippen molar-refractivity contribution in [1.82, 2.24) is 9.55 Å². The number of oxime groups is 1. The Kier molecular flexibility index (Phi) is 4.13. The number of carbonyl (C=O) groups excluding carboxylic acids is 1. The van der Waals surface area contributed by atoms with E-state index in [-0.39, 0.29) is 11.5 Å². The number of nitrogens with zero attached hydrogens (tertiary/aromatic N) is 3. The van der Waals surface area contributed by atoms with Gasteiger partial charge in [0.25, 0.3) is 0 Å². The molecule has 0 fully saturated rings. The maximum atomic E-state index is 12.1. The van der Waals surface area contributed by atoms with Crippen molar-refractivity contribution in [2.24, 2.45) is 10.6 Å². The number of imidazole rings is 1. The molecule has 0 spiro atoms. The van der Waals surface area contributed by atoms with Gasteiger partial charge < -0.3 is 14.1 Å². The van der Waals surface area contributed by atoms with Gasteiger partial charge in [-0.05, 0) is 11.0 Å². The quantitative estimate of drug-likeness (QED) is 0.642. The molecule has 1 atom stereocenters. The molecule has 1 aromatic heterocycles. The van der Waals surface area contributed by atoms with Crippen LogP contribution >= 0.6 is 0 Å². The van der Waals surface area contributed by atoms with Crippen LogP contribution in [0.15, 0.2) is 41.8 Å². The molecule has 0 radical (unpaired) electrons. The predicted molar refractivity (Wildman–Crippen MR) is 90.1 cm³/mol. The number of rotatable bonds is 3. The lowest BCUT2D eigenvalue weighted by molar-refractivity contribution is 0.0574. The number of carbonyl (C=O) groups is 1. The van der Waals surface area contributed by atoms with E-state index in [2.05, 4.69) is 30.1 Å². The van der Waals surface area contributed by atoms with E-state index < -0.39 is 5.97 Å². The first kappa shape index (κ1) is 16.2. The molecule has 1 aliphatic carbocycles. The summed E-state index contributed by atoms with van der Waals surface area (Å²) in [7, 11) is 2.92. The van der Waals surface area contributed by atoms with Crippen molar-refractivity contribution in [3.05, 3.63) is 53.6 Å². The lowest BCUT2D eigenvalue weighted by Gasteiger charge is -2.41. The average Bonchev–Trinajstić information content (AvgIpc) is 3.02. The van der Waals surface area contributed by atoms with Gasteiger partial charge in [-0.2, -0.15) is 0 Å². The van der Waals surface area contributed by atoms with E-state index >= 15 is 0 Å². The molecule has 1 heterocycles. The third-order valence-corrected chi connectivity index (χ3v) is 4.45. The molecular formula is C18H21N3O3. The van der Waals surface area contributed by atoms with Crippen molar-refractivity contribution in [1.29, 1.82) is 0 Å². The fraction of sp³-hybridized carbons (Fsp3) is 0.389. The van der Waals surface area contributed by atoms with Crippen molar-refractivity contribution in [2.75, 3.05) is 14.2 Å². The van der Waals surface area contributed by atoms with E-state index in [4.69, 9.17) is 9.57 Å². The Balaban J connectivity index is 2.20. The molecule has 1 aliphatic rings. The van der Waals surface area contributed by atoms with Gasteiger partial charge in [-0.3, -0.25) is 0 Å². The van der Waals surface area contributed by atoms with Crippen molar-refractivity contribution >= 4 is 11.7 Å². The van der Waals surface area contributed by atoms with Crippen molar-refractivity contribution < 1.29 is 14.4 Å². The molecule has 0 saturated heterocycles. The average molecular weight is 327 g/mol. The lowest BCUT2D eigenvalue weighted by Crippen LogP contribution is -2.37. The van der Waals surface area contributed by atoms with Crippen LogP contribution in [0.2, 0.25) is 0 Å². The second kappa shape index (κ2) is 6.11. The smallest absolute Gasteiger partial charge is 0.374 e. The van der Waals surface area contributed by atoms with Gasteiger partial charge in [0.15, 0.2) is 0 Å². The van der Waals surface area contributed by atoms with Crippen molar-refractivity contribution in [3.8, 4) is 0 Å². The Hall–Kier alpha value is -2.63. The zero-order valence-electron chi connectivity index (χ0n) is 14.3. The Bertz CT molecular complexity index is 792. The van der Waals surface area contributed by atoms with E-state index in [1.54, 1.807) is 13.3 Å². The van der Waals surface area contributed by atoms with Gasteiger partial charge in [0.1, 0.15) is 7.11 Å². The molecular weight excluding hydrogens is 306 g/mol. The van der Waals surface area contributed by atoms with Crippen LogP contribution in [0.3, 0.4) is 0 Å². The summed E-state index contributed by atoms with van der Waals surface area (Å²) in [6, 6.07) is 8.01. The molecule has 0 amide bonds. The highest BCUT2D eigenvalue weighted by Gasteiger charge is 2.41. The van der Waals surface area contributed by atoms with E-state index in [0.717, 1.165) is 23.3 Å². The molecule has 3 rings (SSSR count). The second-order valence-electron chi connectivity index (χ2n) is 6.53. The van der Waals surface area contributed by atoms with E-state index in [9.17, 15) is 4.79 Å². The number of esters is 1. The van der Waals surface area contributed by atoms with Gasteiger partial charge >= 0.3 is 5.97 Å². The van der Waals surface area contributed by atoms with Gasteiger partial charge in [-0.25, -0.2) is 9.78 Å². The Labute approximate surface area is 141 Å². The molecule has 24 heavy (non-hydrogen) atoms. The first-order valence-corrected chi connectivity index (χ1v) is 7.80. The highest BCUT2D eigenvalue weighted by molar-refractivity contribution is 6.03. The fourth-order valence-corrected chi connectivity index (χ4v) is 3.53.